The third-order valence-corrected chi connectivity index (χ3v) is 6.42. The first-order valence-corrected chi connectivity index (χ1v) is 11.6. The molecule has 0 fully saturated rings. The summed E-state index contributed by atoms with van der Waals surface area (Å²) in [5.74, 6) is -2.43. The van der Waals surface area contributed by atoms with Crippen LogP contribution in [-0.4, -0.2) is 35.7 Å². The Bertz CT molecular complexity index is 1180. The Morgan fingerprint density at radius 1 is 0.829 bits per heavy atom. The molecule has 0 aliphatic heterocycles. The van der Waals surface area contributed by atoms with Gasteiger partial charge in [-0.1, -0.05) is 85.8 Å². The molecule has 3 aromatic rings. The number of hydrogen-bond donors (Lipinski definition) is 3. The van der Waals surface area contributed by atoms with Crippen molar-refractivity contribution in [1.82, 2.24) is 10.6 Å². The van der Waals surface area contributed by atoms with Crippen LogP contribution >= 0.6 is 0 Å². The van der Waals surface area contributed by atoms with Crippen molar-refractivity contribution in [2.45, 2.75) is 31.8 Å². The number of hydrogen-bond acceptors (Lipinski definition) is 4. The number of carbonyl (C=O) groups excluding carboxylic acids is 2. The number of carboxylic acids is 1. The molecule has 7 heteroatoms. The minimum Gasteiger partial charge on any atom is -0.480 e. The summed E-state index contributed by atoms with van der Waals surface area (Å²) in [6.07, 6.45) is -0.647. The summed E-state index contributed by atoms with van der Waals surface area (Å²) in [7, 11) is 0. The molecule has 1 aliphatic rings. The number of carboxylic acid groups (broad SMARTS) is 1. The molecule has 0 radical (unpaired) electrons. The van der Waals surface area contributed by atoms with Crippen molar-refractivity contribution in [3.63, 3.8) is 0 Å². The normalized spacial score (nSPS) is 14.7. The molecule has 7 nitrogen and oxygen atoms in total. The van der Waals surface area contributed by atoms with E-state index in [4.69, 9.17) is 9.84 Å². The second kappa shape index (κ2) is 10.4. The maximum Gasteiger partial charge on any atom is 0.407 e. The van der Waals surface area contributed by atoms with Crippen LogP contribution in [-0.2, 0) is 14.3 Å². The molecular formula is C28H28N2O5. The van der Waals surface area contributed by atoms with Gasteiger partial charge >= 0.3 is 12.1 Å². The zero-order chi connectivity index (χ0) is 24.9. The molecule has 0 aromatic heterocycles. The molecule has 3 atom stereocenters. The smallest absolute Gasteiger partial charge is 0.407 e. The number of aliphatic carboxylic acids is 1. The van der Waals surface area contributed by atoms with Gasteiger partial charge in [-0.05, 0) is 34.7 Å². The van der Waals surface area contributed by atoms with Gasteiger partial charge in [0.2, 0.25) is 5.91 Å². The molecule has 3 N–H and O–H groups in total. The van der Waals surface area contributed by atoms with Gasteiger partial charge in [-0.15, -0.1) is 0 Å². The van der Waals surface area contributed by atoms with Crippen LogP contribution in [0.2, 0.25) is 0 Å². The molecular weight excluding hydrogens is 444 g/mol. The molecule has 180 valence electrons. The molecule has 35 heavy (non-hydrogen) atoms. The highest BCUT2D eigenvalue weighted by molar-refractivity contribution is 5.85. The molecule has 2 amide bonds. The highest BCUT2D eigenvalue weighted by Gasteiger charge is 2.31. The van der Waals surface area contributed by atoms with Crippen LogP contribution < -0.4 is 10.6 Å². The predicted octanol–water partition coefficient (Wildman–Crippen LogP) is 4.49. The summed E-state index contributed by atoms with van der Waals surface area (Å²) >= 11 is 0. The van der Waals surface area contributed by atoms with E-state index >= 15 is 0 Å². The Balaban J connectivity index is 1.48. The molecule has 0 saturated heterocycles. The van der Waals surface area contributed by atoms with Crippen molar-refractivity contribution in [2.24, 2.45) is 5.92 Å². The fourth-order valence-electron chi connectivity index (χ4n) is 4.48. The topological polar surface area (TPSA) is 105 Å². The maximum absolute atomic E-state index is 12.9. The minimum absolute atomic E-state index is 0.0829. The first-order chi connectivity index (χ1) is 16.9. The standard InChI is InChI=1S/C28H28N2O5/c1-17(26(31)29-18(2)27(32)33)25(19-10-4-3-5-11-19)30-28(34)35-16-24-22-14-8-6-12-20(22)21-13-7-9-15-23(21)24/h3-15,17-18,24-25H,16H2,1-2H3,(H,29,31)(H,30,34)(H,32,33)/t17?,18-,25?/m1/s1. The number of nitrogens with one attached hydrogen (secondary N) is 2. The van der Waals surface area contributed by atoms with Crippen LogP contribution in [0.25, 0.3) is 11.1 Å². The lowest BCUT2D eigenvalue weighted by Gasteiger charge is -2.26. The van der Waals surface area contributed by atoms with E-state index in [1.807, 2.05) is 54.6 Å². The average molecular weight is 473 g/mol. The Morgan fingerprint density at radius 3 is 1.94 bits per heavy atom. The summed E-state index contributed by atoms with van der Waals surface area (Å²) in [4.78, 5) is 36.8. The van der Waals surface area contributed by atoms with E-state index in [0.717, 1.165) is 22.3 Å². The largest absolute Gasteiger partial charge is 0.480 e. The second-order valence-electron chi connectivity index (χ2n) is 8.72. The second-order valence-corrected chi connectivity index (χ2v) is 8.72. The third-order valence-electron chi connectivity index (χ3n) is 6.42. The van der Waals surface area contributed by atoms with Gasteiger partial charge < -0.3 is 20.5 Å². The predicted molar refractivity (Wildman–Crippen MR) is 132 cm³/mol. The van der Waals surface area contributed by atoms with Crippen LogP contribution in [0.1, 0.15) is 42.5 Å². The molecule has 0 spiro atoms. The van der Waals surface area contributed by atoms with Crippen molar-refractivity contribution in [3.8, 4) is 11.1 Å². The van der Waals surface area contributed by atoms with Gasteiger partial charge in [-0.2, -0.15) is 0 Å². The van der Waals surface area contributed by atoms with E-state index in [-0.39, 0.29) is 12.5 Å². The zero-order valence-corrected chi connectivity index (χ0v) is 19.6. The van der Waals surface area contributed by atoms with Gasteiger partial charge in [0.05, 0.1) is 12.0 Å². The zero-order valence-electron chi connectivity index (χ0n) is 19.6. The molecule has 2 unspecified atom stereocenters. The maximum atomic E-state index is 12.9. The van der Waals surface area contributed by atoms with Gasteiger partial charge in [0.15, 0.2) is 0 Å². The number of alkyl carbamates (subject to hydrolysis) is 1. The number of amides is 2. The van der Waals surface area contributed by atoms with Crippen molar-refractivity contribution < 1.29 is 24.2 Å². The summed E-state index contributed by atoms with van der Waals surface area (Å²) in [5.41, 5.74) is 5.20. The summed E-state index contributed by atoms with van der Waals surface area (Å²) in [5, 5.41) is 14.4. The van der Waals surface area contributed by atoms with Crippen LogP contribution in [0.3, 0.4) is 0 Å². The number of carbonyl (C=O) groups is 3. The van der Waals surface area contributed by atoms with Gasteiger partial charge in [-0.3, -0.25) is 9.59 Å². The lowest BCUT2D eigenvalue weighted by atomic mass is 9.93. The minimum atomic E-state index is -1.13. The molecule has 0 saturated carbocycles. The third kappa shape index (κ3) is 5.19. The quantitative estimate of drug-likeness (QED) is 0.448. The van der Waals surface area contributed by atoms with E-state index in [1.165, 1.54) is 6.92 Å². The number of fused-ring (bicyclic) bond motifs is 3. The number of rotatable bonds is 8. The first-order valence-electron chi connectivity index (χ1n) is 11.6. The Morgan fingerprint density at radius 2 is 1.37 bits per heavy atom. The van der Waals surface area contributed by atoms with Crippen molar-refractivity contribution in [2.75, 3.05) is 6.61 Å². The SMILES string of the molecule is CC(C(=O)N[C@H](C)C(=O)O)C(NC(=O)OCC1c2ccccc2-c2ccccc21)c1ccccc1. The summed E-state index contributed by atoms with van der Waals surface area (Å²) < 4.78 is 5.67. The first kappa shape index (κ1) is 24.0. The number of ether oxygens (including phenoxy) is 1. The lowest BCUT2D eigenvalue weighted by Crippen LogP contribution is -2.45. The number of benzene rings is 3. The highest BCUT2D eigenvalue weighted by atomic mass is 16.5. The molecule has 1 aliphatic carbocycles. The molecule has 4 rings (SSSR count). The summed E-state index contributed by atoms with van der Waals surface area (Å²) in [6.45, 7) is 3.19. The fourth-order valence-corrected chi connectivity index (χ4v) is 4.48. The van der Waals surface area contributed by atoms with E-state index in [0.29, 0.717) is 5.56 Å². The van der Waals surface area contributed by atoms with Crippen LogP contribution in [0.4, 0.5) is 4.79 Å². The van der Waals surface area contributed by atoms with E-state index in [9.17, 15) is 14.4 Å². The Kier molecular flexibility index (Phi) is 7.15. The molecule has 0 heterocycles. The van der Waals surface area contributed by atoms with E-state index in [1.54, 1.807) is 19.1 Å². The van der Waals surface area contributed by atoms with Gasteiger partial charge in [-0.25, -0.2) is 4.79 Å². The molecule has 3 aromatic carbocycles. The average Bonchev–Trinajstić information content (AvgIpc) is 3.19. The highest BCUT2D eigenvalue weighted by Crippen LogP contribution is 2.44. The van der Waals surface area contributed by atoms with Crippen molar-refractivity contribution >= 4 is 18.0 Å². The monoisotopic (exact) mass is 472 g/mol. The fraction of sp³-hybridized carbons (Fsp3) is 0.250. The molecule has 0 bridgehead atoms. The van der Waals surface area contributed by atoms with E-state index in [2.05, 4.69) is 22.8 Å². The lowest BCUT2D eigenvalue weighted by molar-refractivity contribution is -0.142. The Hall–Kier alpha value is -4.13. The van der Waals surface area contributed by atoms with Crippen LogP contribution in [0.5, 0.6) is 0 Å². The van der Waals surface area contributed by atoms with Gasteiger partial charge in [0.25, 0.3) is 0 Å². The van der Waals surface area contributed by atoms with Crippen molar-refractivity contribution in [3.05, 3.63) is 95.6 Å². The van der Waals surface area contributed by atoms with Gasteiger partial charge in [0.1, 0.15) is 12.6 Å². The van der Waals surface area contributed by atoms with Crippen LogP contribution in [0.15, 0.2) is 78.9 Å². The van der Waals surface area contributed by atoms with Crippen LogP contribution in [0, 0.1) is 5.92 Å². The van der Waals surface area contributed by atoms with Crippen molar-refractivity contribution in [1.29, 1.82) is 0 Å². The summed E-state index contributed by atoms with van der Waals surface area (Å²) in [6, 6.07) is 23.5. The van der Waals surface area contributed by atoms with E-state index < -0.39 is 36.0 Å². The Labute approximate surface area is 204 Å². The van der Waals surface area contributed by atoms with Gasteiger partial charge in [0, 0.05) is 5.92 Å².